The molecule has 2 unspecified atom stereocenters. The highest BCUT2D eigenvalue weighted by Gasteiger charge is 2.35. The number of amides is 1. The van der Waals surface area contributed by atoms with Crippen LogP contribution in [0.3, 0.4) is 0 Å². The third kappa shape index (κ3) is 6.27. The van der Waals surface area contributed by atoms with E-state index in [0.29, 0.717) is 46.0 Å². The molecule has 0 saturated carbocycles. The van der Waals surface area contributed by atoms with E-state index >= 15 is 0 Å². The van der Waals surface area contributed by atoms with Gasteiger partial charge in [-0.25, -0.2) is 4.98 Å². The molecule has 1 amide bonds. The van der Waals surface area contributed by atoms with Gasteiger partial charge in [0.15, 0.2) is 5.82 Å². The van der Waals surface area contributed by atoms with E-state index in [2.05, 4.69) is 46.4 Å². The minimum Gasteiger partial charge on any atom is -0.489 e. The molecular formula is C29H36ClN6O3P. The van der Waals surface area contributed by atoms with Gasteiger partial charge in [0.2, 0.25) is 5.95 Å². The Morgan fingerprint density at radius 1 is 1.12 bits per heavy atom. The molecule has 212 valence electrons. The average molecular weight is 583 g/mol. The quantitative estimate of drug-likeness (QED) is 0.232. The van der Waals surface area contributed by atoms with Crippen LogP contribution < -0.4 is 25.2 Å². The van der Waals surface area contributed by atoms with Gasteiger partial charge in [-0.1, -0.05) is 37.6 Å². The second-order valence-electron chi connectivity index (χ2n) is 10.6. The molecule has 2 aliphatic heterocycles. The molecule has 1 saturated heterocycles. The Hall–Kier alpha value is -3.13. The van der Waals surface area contributed by atoms with Crippen LogP contribution in [0, 0.1) is 0 Å². The maximum atomic E-state index is 13.3. The largest absolute Gasteiger partial charge is 0.489 e. The van der Waals surface area contributed by atoms with Crippen LogP contribution in [-0.2, 0) is 6.54 Å². The summed E-state index contributed by atoms with van der Waals surface area (Å²) in [5.74, 6) is 2.17. The van der Waals surface area contributed by atoms with Gasteiger partial charge in [0.05, 0.1) is 31.8 Å². The second kappa shape index (κ2) is 12.2. The zero-order valence-corrected chi connectivity index (χ0v) is 25.1. The number of carbonyl (C=O) groups is 1. The number of rotatable bonds is 10. The first-order valence-electron chi connectivity index (χ1n) is 13.6. The molecular weight excluding hydrogens is 547 g/mol. The Bertz CT molecular complexity index is 1380. The van der Waals surface area contributed by atoms with Gasteiger partial charge < -0.3 is 30.1 Å². The summed E-state index contributed by atoms with van der Waals surface area (Å²) in [7, 11) is -0.644. The Labute approximate surface area is 241 Å². The third-order valence-corrected chi connectivity index (χ3v) is 9.19. The molecule has 40 heavy (non-hydrogen) atoms. The normalized spacial score (nSPS) is 17.4. The van der Waals surface area contributed by atoms with Crippen molar-refractivity contribution >= 4 is 48.8 Å². The first kappa shape index (κ1) is 28.4. The van der Waals surface area contributed by atoms with Gasteiger partial charge in [-0.2, -0.15) is 4.98 Å². The highest BCUT2D eigenvalue weighted by atomic mass is 35.5. The van der Waals surface area contributed by atoms with Gasteiger partial charge in [0.25, 0.3) is 5.91 Å². The summed E-state index contributed by atoms with van der Waals surface area (Å²) >= 11 is 6.50. The summed E-state index contributed by atoms with van der Waals surface area (Å²) < 4.78 is 12.4. The molecule has 9 nitrogen and oxygen atoms in total. The lowest BCUT2D eigenvalue weighted by Gasteiger charge is -2.22. The molecule has 11 heteroatoms. The van der Waals surface area contributed by atoms with Crippen molar-refractivity contribution < 1.29 is 14.1 Å². The minimum atomic E-state index is -0.644. The first-order chi connectivity index (χ1) is 19.2. The Kier molecular flexibility index (Phi) is 8.64. The fraction of sp³-hybridized carbons (Fsp3) is 0.414. The number of halogens is 1. The minimum absolute atomic E-state index is 0.0381. The van der Waals surface area contributed by atoms with E-state index in [-0.39, 0.29) is 18.1 Å². The van der Waals surface area contributed by atoms with Gasteiger partial charge in [-0.15, -0.1) is 0 Å². The third-order valence-electron chi connectivity index (χ3n) is 6.98. The lowest BCUT2D eigenvalue weighted by molar-refractivity contribution is 0.0717. The molecule has 3 heterocycles. The lowest BCUT2D eigenvalue weighted by Crippen LogP contribution is -2.36. The maximum absolute atomic E-state index is 13.3. The maximum Gasteiger partial charge on any atom is 0.254 e. The smallest absolute Gasteiger partial charge is 0.254 e. The number of ether oxygens (including phenoxy) is 1. The monoisotopic (exact) mass is 582 g/mol. The van der Waals surface area contributed by atoms with Crippen LogP contribution in [0.5, 0.6) is 11.5 Å². The van der Waals surface area contributed by atoms with Crippen molar-refractivity contribution in [2.45, 2.75) is 58.5 Å². The van der Waals surface area contributed by atoms with Gasteiger partial charge in [0, 0.05) is 30.4 Å². The van der Waals surface area contributed by atoms with E-state index in [1.807, 2.05) is 55.1 Å². The molecule has 2 atom stereocenters. The fourth-order valence-corrected chi connectivity index (χ4v) is 5.50. The summed E-state index contributed by atoms with van der Waals surface area (Å²) in [5.41, 5.74) is 3.44. The first-order valence-corrected chi connectivity index (χ1v) is 15.8. The number of fused-ring (bicyclic) bond motifs is 1. The van der Waals surface area contributed by atoms with Gasteiger partial charge >= 0.3 is 0 Å². The van der Waals surface area contributed by atoms with E-state index < -0.39 is 8.15 Å². The number of para-hydroxylation sites is 2. The van der Waals surface area contributed by atoms with Crippen LogP contribution in [0.15, 0.2) is 42.6 Å². The summed E-state index contributed by atoms with van der Waals surface area (Å²) in [5, 5.41) is 10.3. The molecule has 0 bridgehead atoms. The zero-order valence-electron chi connectivity index (χ0n) is 23.5. The van der Waals surface area contributed by atoms with E-state index in [4.69, 9.17) is 20.9 Å². The van der Waals surface area contributed by atoms with E-state index in [9.17, 15) is 4.79 Å². The molecule has 3 aromatic rings. The number of carbonyl (C=O) groups excluding carboxylic acids is 1. The van der Waals surface area contributed by atoms with E-state index in [1.165, 1.54) is 0 Å². The number of nitrogens with zero attached hydrogens (tertiary/aromatic N) is 3. The average Bonchev–Trinajstić information content (AvgIpc) is 3.55. The second-order valence-corrected chi connectivity index (χ2v) is 13.3. The predicted molar refractivity (Wildman–Crippen MR) is 162 cm³/mol. The zero-order chi connectivity index (χ0) is 28.4. The summed E-state index contributed by atoms with van der Waals surface area (Å²) in [6.45, 7) is 12.7. The Morgan fingerprint density at radius 3 is 2.65 bits per heavy atom. The van der Waals surface area contributed by atoms with Crippen LogP contribution in [0.4, 0.5) is 23.1 Å². The Morgan fingerprint density at radius 2 is 1.93 bits per heavy atom. The van der Waals surface area contributed by atoms with Crippen LogP contribution in [0.25, 0.3) is 0 Å². The summed E-state index contributed by atoms with van der Waals surface area (Å²) in [6.07, 6.45) is 2.44. The topological polar surface area (TPSA) is 101 Å². The van der Waals surface area contributed by atoms with Crippen molar-refractivity contribution in [1.29, 1.82) is 0 Å². The Balaban J connectivity index is 1.42. The molecule has 3 N–H and O–H groups in total. The number of anilines is 4. The number of nitrogens with one attached hydrogen (secondary N) is 3. The highest BCUT2D eigenvalue weighted by Crippen LogP contribution is 2.43. The lowest BCUT2D eigenvalue weighted by atomic mass is 10.1. The number of aromatic nitrogens is 2. The summed E-state index contributed by atoms with van der Waals surface area (Å²) in [4.78, 5) is 24.3. The molecule has 1 fully saturated rings. The van der Waals surface area contributed by atoms with E-state index in [1.54, 1.807) is 6.20 Å². The van der Waals surface area contributed by atoms with Crippen LogP contribution >= 0.6 is 19.7 Å². The van der Waals surface area contributed by atoms with Crippen LogP contribution in [-0.4, -0.2) is 58.3 Å². The van der Waals surface area contributed by atoms with Crippen molar-refractivity contribution in [3.05, 3.63) is 58.7 Å². The molecule has 0 aliphatic carbocycles. The van der Waals surface area contributed by atoms with Crippen molar-refractivity contribution in [1.82, 2.24) is 20.2 Å². The highest BCUT2D eigenvalue weighted by molar-refractivity contribution is 7.52. The molecule has 2 aromatic carbocycles. The number of benzene rings is 2. The van der Waals surface area contributed by atoms with Crippen LogP contribution in [0.1, 0.15) is 50.0 Å². The van der Waals surface area contributed by atoms with Crippen molar-refractivity contribution in [2.24, 2.45) is 0 Å². The van der Waals surface area contributed by atoms with Crippen molar-refractivity contribution in [3.8, 4) is 11.5 Å². The van der Waals surface area contributed by atoms with Crippen molar-refractivity contribution in [3.63, 3.8) is 0 Å². The van der Waals surface area contributed by atoms with Gasteiger partial charge in [-0.05, 0) is 63.3 Å². The van der Waals surface area contributed by atoms with E-state index in [0.717, 1.165) is 36.5 Å². The van der Waals surface area contributed by atoms with Crippen molar-refractivity contribution in [2.75, 3.05) is 30.4 Å². The molecule has 5 rings (SSSR count). The molecule has 2 aliphatic rings. The number of hydrogen-bond acceptors (Lipinski definition) is 8. The van der Waals surface area contributed by atoms with Gasteiger partial charge in [0.1, 0.15) is 16.5 Å². The number of hydrogen-bond donors (Lipinski definition) is 3. The standard InChI is InChI=1S/C29H36ClN6O3P/c1-17(2)38-26-12-19-16-36(20-10-11-31-14-20)28(37)21(19)13-24(26)34-29-32-15-22(30)27(35-29)33-23-8-6-7-9-25(23)39-40(5)18(3)4/h6-9,12-13,15,17-18,20,31H,10-11,14,16H2,1-5H3,(H2,32,33,34,35). The fourth-order valence-electron chi connectivity index (χ4n) is 4.68. The molecule has 0 radical (unpaired) electrons. The predicted octanol–water partition coefficient (Wildman–Crippen LogP) is 6.54. The SMILES string of the molecule is CC(C)Oc1cc2c(cc1Nc1ncc(Cl)c(Nc3ccccc3OP(C)C(C)C)n1)C(=O)N(C1CCNC1)C2. The molecule has 1 aromatic heterocycles. The van der Waals surface area contributed by atoms with Crippen LogP contribution in [0.2, 0.25) is 5.02 Å². The van der Waals surface area contributed by atoms with Gasteiger partial charge in [-0.3, -0.25) is 4.79 Å². The summed E-state index contributed by atoms with van der Waals surface area (Å²) in [6, 6.07) is 11.7. The molecule has 0 spiro atoms.